The molecule has 1 saturated heterocycles. The lowest BCUT2D eigenvalue weighted by atomic mass is 9.83. The van der Waals surface area contributed by atoms with Crippen molar-refractivity contribution in [3.05, 3.63) is 155 Å². The van der Waals surface area contributed by atoms with Gasteiger partial charge >= 0.3 is 0 Å². The van der Waals surface area contributed by atoms with Crippen LogP contribution in [0.2, 0.25) is 5.02 Å². The quantitative estimate of drug-likeness (QED) is 0.200. The predicted molar refractivity (Wildman–Crippen MR) is 185 cm³/mol. The maximum Gasteiger partial charge on any atom is 0.262 e. The highest BCUT2D eigenvalue weighted by Gasteiger charge is 2.54. The summed E-state index contributed by atoms with van der Waals surface area (Å²) in [4.78, 5) is 20.7. The van der Waals surface area contributed by atoms with Crippen molar-refractivity contribution in [2.75, 3.05) is 18.0 Å². The van der Waals surface area contributed by atoms with E-state index in [2.05, 4.69) is 102 Å². The first-order valence-electron chi connectivity index (χ1n) is 15.4. The number of benzene rings is 4. The summed E-state index contributed by atoms with van der Waals surface area (Å²) in [7, 11) is -2.55. The lowest BCUT2D eigenvalue weighted by molar-refractivity contribution is 0.275. The summed E-state index contributed by atoms with van der Waals surface area (Å²) in [6.45, 7) is 2.25. The molecule has 6 aromatic rings. The molecule has 0 aliphatic carbocycles. The number of fused-ring (bicyclic) bond motifs is 4. The van der Waals surface area contributed by atoms with Crippen molar-refractivity contribution in [3.8, 4) is 11.5 Å². The van der Waals surface area contributed by atoms with E-state index in [0.717, 1.165) is 42.1 Å². The third-order valence-electron chi connectivity index (χ3n) is 9.20. The van der Waals surface area contributed by atoms with Crippen LogP contribution >= 0.6 is 18.9 Å². The minimum atomic E-state index is -2.55. The number of rotatable bonds is 6. The van der Waals surface area contributed by atoms with E-state index in [-0.39, 0.29) is 11.5 Å². The first kappa shape index (κ1) is 28.1. The summed E-state index contributed by atoms with van der Waals surface area (Å²) in [5, 5.41) is 4.32. The van der Waals surface area contributed by atoms with Gasteiger partial charge in [0.15, 0.2) is 7.26 Å². The van der Waals surface area contributed by atoms with Gasteiger partial charge in [-0.15, -0.1) is 0 Å². The van der Waals surface area contributed by atoms with Crippen molar-refractivity contribution in [3.63, 3.8) is 0 Å². The van der Waals surface area contributed by atoms with E-state index >= 15 is 0 Å². The van der Waals surface area contributed by atoms with Gasteiger partial charge in [-0.25, -0.2) is 0 Å². The van der Waals surface area contributed by atoms with Crippen LogP contribution in [0.5, 0.6) is 0 Å². The molecule has 2 atom stereocenters. The zero-order chi connectivity index (χ0) is 30.4. The summed E-state index contributed by atoms with van der Waals surface area (Å²) in [5.41, 5.74) is 3.04. The number of piperidine rings is 1. The molecule has 0 unspecified atom stereocenters. The standard InChI is InChI=1S/C38H32ClN3O2P/c39-30-21-19-28(20-22-30)36-40-37(38(44-36)41-24-27-23-29(26-41)34-17-10-18-35(43)42(34)25-27)45(31-11-4-1-5-12-31,32-13-6-2-7-14-32)33-15-8-3-9-16-33/h1-22,27,29H,23-26H2/q+1/t27-,29-/m1/s1. The number of hydrogen-bond donors (Lipinski definition) is 0. The number of hydrogen-bond acceptors (Lipinski definition) is 4. The Morgan fingerprint density at radius 3 is 1.89 bits per heavy atom. The van der Waals surface area contributed by atoms with Crippen LogP contribution < -0.4 is 31.8 Å². The highest BCUT2D eigenvalue weighted by molar-refractivity contribution is 8.01. The van der Waals surface area contributed by atoms with E-state index in [4.69, 9.17) is 21.0 Å². The van der Waals surface area contributed by atoms with Gasteiger partial charge < -0.3 is 13.9 Å². The molecular weight excluding hydrogens is 597 g/mol. The fourth-order valence-electron chi connectivity index (χ4n) is 7.28. The van der Waals surface area contributed by atoms with E-state index in [1.54, 1.807) is 6.07 Å². The minimum absolute atomic E-state index is 0.0863. The largest absolute Gasteiger partial charge is 0.416 e. The van der Waals surface area contributed by atoms with Crippen LogP contribution in [0, 0.1) is 5.92 Å². The molecule has 2 aliphatic heterocycles. The minimum Gasteiger partial charge on any atom is -0.416 e. The Morgan fingerprint density at radius 2 is 1.29 bits per heavy atom. The van der Waals surface area contributed by atoms with Crippen LogP contribution in [0.25, 0.3) is 11.5 Å². The van der Waals surface area contributed by atoms with Crippen LogP contribution in [-0.4, -0.2) is 22.6 Å². The number of halogens is 1. The zero-order valence-electron chi connectivity index (χ0n) is 24.7. The molecule has 2 bridgehead atoms. The fourth-order valence-corrected chi connectivity index (χ4v) is 11.6. The van der Waals surface area contributed by atoms with E-state index in [1.807, 2.05) is 34.9 Å². The van der Waals surface area contributed by atoms with Crippen LogP contribution in [-0.2, 0) is 6.54 Å². The van der Waals surface area contributed by atoms with Gasteiger partial charge in [0, 0.05) is 47.9 Å². The zero-order valence-corrected chi connectivity index (χ0v) is 26.3. The Labute approximate surface area is 268 Å². The molecule has 0 N–H and O–H groups in total. The molecule has 8 rings (SSSR count). The van der Waals surface area contributed by atoms with Crippen molar-refractivity contribution in [1.82, 2.24) is 9.55 Å². The first-order chi connectivity index (χ1) is 22.1. The Bertz CT molecular complexity index is 1910. The van der Waals surface area contributed by atoms with Crippen molar-refractivity contribution >= 4 is 46.1 Å². The summed E-state index contributed by atoms with van der Waals surface area (Å²) >= 11 is 6.30. The van der Waals surface area contributed by atoms with Gasteiger partial charge in [-0.2, -0.15) is 4.98 Å². The first-order valence-corrected chi connectivity index (χ1v) is 17.6. The molecule has 2 aliphatic rings. The number of oxazole rings is 1. The van der Waals surface area contributed by atoms with Crippen molar-refractivity contribution < 1.29 is 4.42 Å². The molecule has 7 heteroatoms. The SMILES string of the molecule is O=c1cccc2n1C[C@@H]1C[C@@H]2CN(c2oc(-c3ccc(Cl)cc3)nc2[P+](c2ccccc2)(c2ccccc2)c2ccccc2)C1. The van der Waals surface area contributed by atoms with Gasteiger partial charge in [-0.3, -0.25) is 4.79 Å². The maximum absolute atomic E-state index is 12.8. The van der Waals surface area contributed by atoms with Crippen molar-refractivity contribution in [2.45, 2.75) is 18.9 Å². The molecule has 4 aromatic carbocycles. The number of aromatic nitrogens is 2. The molecule has 4 heterocycles. The molecule has 222 valence electrons. The van der Waals surface area contributed by atoms with E-state index in [1.165, 1.54) is 15.9 Å². The van der Waals surface area contributed by atoms with Gasteiger partial charge in [-0.1, -0.05) is 72.3 Å². The molecule has 5 nitrogen and oxygen atoms in total. The van der Waals surface area contributed by atoms with E-state index < -0.39 is 7.26 Å². The lowest BCUT2D eigenvalue weighted by Crippen LogP contribution is -2.49. The van der Waals surface area contributed by atoms with Crippen LogP contribution in [0.15, 0.2) is 143 Å². The highest BCUT2D eigenvalue weighted by Crippen LogP contribution is 2.56. The normalized spacial score (nSPS) is 17.6. The fraction of sp³-hybridized carbons (Fsp3) is 0.158. The van der Waals surface area contributed by atoms with Crippen LogP contribution in [0.1, 0.15) is 18.0 Å². The van der Waals surface area contributed by atoms with Gasteiger partial charge in [0.2, 0.25) is 5.89 Å². The molecule has 2 aromatic heterocycles. The Kier molecular flexibility index (Phi) is 7.16. The number of pyridine rings is 1. The molecule has 0 radical (unpaired) electrons. The third-order valence-corrected chi connectivity index (χ3v) is 13.6. The molecule has 45 heavy (non-hydrogen) atoms. The maximum atomic E-state index is 12.8. The van der Waals surface area contributed by atoms with Crippen LogP contribution in [0.4, 0.5) is 5.88 Å². The molecule has 0 amide bonds. The third kappa shape index (κ3) is 4.82. The lowest BCUT2D eigenvalue weighted by Gasteiger charge is -2.42. The Hall–Kier alpha value is -4.44. The highest BCUT2D eigenvalue weighted by atomic mass is 35.5. The molecule has 0 saturated carbocycles. The second-order valence-electron chi connectivity index (χ2n) is 11.9. The second-order valence-corrected chi connectivity index (χ2v) is 15.7. The van der Waals surface area contributed by atoms with E-state index in [0.29, 0.717) is 23.4 Å². The average Bonchev–Trinajstić information content (AvgIpc) is 3.53. The van der Waals surface area contributed by atoms with Gasteiger partial charge in [0.05, 0.1) is 0 Å². The van der Waals surface area contributed by atoms with Crippen LogP contribution in [0.3, 0.4) is 0 Å². The number of nitrogens with zero attached hydrogens (tertiary/aromatic N) is 3. The summed E-state index contributed by atoms with van der Waals surface area (Å²) < 4.78 is 8.94. The Balaban J connectivity index is 1.39. The van der Waals surface area contributed by atoms with Crippen molar-refractivity contribution in [1.29, 1.82) is 0 Å². The van der Waals surface area contributed by atoms with Crippen molar-refractivity contribution in [2.24, 2.45) is 5.92 Å². The topological polar surface area (TPSA) is 51.3 Å². The van der Waals surface area contributed by atoms with Gasteiger partial charge in [0.1, 0.15) is 15.9 Å². The van der Waals surface area contributed by atoms with Gasteiger partial charge in [-0.05, 0) is 79.1 Å². The summed E-state index contributed by atoms with van der Waals surface area (Å²) in [5.74, 6) is 1.94. The monoisotopic (exact) mass is 628 g/mol. The van der Waals surface area contributed by atoms with Gasteiger partial charge in [0.25, 0.3) is 16.9 Å². The van der Waals surface area contributed by atoms with E-state index in [9.17, 15) is 4.79 Å². The molecular formula is C38H32ClN3O2P+. The summed E-state index contributed by atoms with van der Waals surface area (Å²) in [6, 6.07) is 45.8. The molecule has 0 spiro atoms. The predicted octanol–water partition coefficient (Wildman–Crippen LogP) is 6.40. The Morgan fingerprint density at radius 1 is 0.689 bits per heavy atom. The second kappa shape index (κ2) is 11.5. The average molecular weight is 629 g/mol. The summed E-state index contributed by atoms with van der Waals surface area (Å²) in [6.07, 6.45) is 1.06. The number of anilines is 1. The smallest absolute Gasteiger partial charge is 0.262 e. The molecule has 1 fully saturated rings.